The Balaban J connectivity index is 2.32. The van der Waals surface area contributed by atoms with Crippen LogP contribution in [0.5, 0.6) is 0 Å². The summed E-state index contributed by atoms with van der Waals surface area (Å²) in [5.41, 5.74) is 1.42. The molecule has 2 aromatic rings. The fourth-order valence-electron chi connectivity index (χ4n) is 2.07. The van der Waals surface area contributed by atoms with E-state index < -0.39 is 20.0 Å². The summed E-state index contributed by atoms with van der Waals surface area (Å²) in [6.45, 7) is 6.18. The molecule has 0 unspecified atom stereocenters. The molecule has 0 heterocycles. The Morgan fingerprint density at radius 1 is 0.875 bits per heavy atom. The molecule has 0 spiro atoms. The topological polar surface area (TPSA) is 106 Å². The second kappa shape index (κ2) is 6.19. The van der Waals surface area contributed by atoms with E-state index in [1.165, 1.54) is 18.2 Å². The second-order valence-electron chi connectivity index (χ2n) is 6.45. The van der Waals surface area contributed by atoms with Gasteiger partial charge in [-0.05, 0) is 41.3 Å². The molecule has 6 nitrogen and oxygen atoms in total. The highest BCUT2D eigenvalue weighted by atomic mass is 32.2. The third-order valence-electron chi connectivity index (χ3n) is 3.45. The molecular formula is C16H20N2O4S2. The lowest BCUT2D eigenvalue weighted by atomic mass is 9.87. The first-order valence-electron chi connectivity index (χ1n) is 7.16. The van der Waals surface area contributed by atoms with Gasteiger partial charge in [-0.1, -0.05) is 39.0 Å². The van der Waals surface area contributed by atoms with Gasteiger partial charge in [0.1, 0.15) is 0 Å². The second-order valence-corrected chi connectivity index (χ2v) is 9.70. The molecule has 0 saturated carbocycles. The first-order chi connectivity index (χ1) is 10.9. The van der Waals surface area contributed by atoms with Gasteiger partial charge in [-0.15, -0.1) is 0 Å². The number of rotatable bonds is 4. The van der Waals surface area contributed by atoms with Crippen LogP contribution in [-0.4, -0.2) is 16.8 Å². The van der Waals surface area contributed by atoms with Crippen molar-refractivity contribution in [3.05, 3.63) is 54.1 Å². The van der Waals surface area contributed by atoms with Crippen LogP contribution < -0.4 is 9.86 Å². The quantitative estimate of drug-likeness (QED) is 0.864. The molecule has 8 heteroatoms. The van der Waals surface area contributed by atoms with E-state index in [1.54, 1.807) is 12.1 Å². The van der Waals surface area contributed by atoms with E-state index in [-0.39, 0.29) is 15.2 Å². The largest absolute Gasteiger partial charge is 0.280 e. The van der Waals surface area contributed by atoms with Gasteiger partial charge in [0.05, 0.1) is 9.79 Å². The Hall–Kier alpha value is -1.90. The standard InChI is InChI=1S/C16H20N2O4S2/c1-16(2,3)12-7-9-13(10-8-12)18-24(21,22)15-6-4-5-14(11-15)23(17,19)20/h4-11,18H,1-3H3,(H2,17,19,20). The molecule has 3 N–H and O–H groups in total. The number of primary sulfonamides is 1. The summed E-state index contributed by atoms with van der Waals surface area (Å²) in [5, 5.41) is 5.04. The molecule has 0 aromatic heterocycles. The summed E-state index contributed by atoms with van der Waals surface area (Å²) >= 11 is 0. The number of sulfonamides is 2. The van der Waals surface area contributed by atoms with Gasteiger partial charge in [-0.2, -0.15) is 0 Å². The zero-order valence-electron chi connectivity index (χ0n) is 13.6. The van der Waals surface area contributed by atoms with Gasteiger partial charge in [-0.25, -0.2) is 22.0 Å². The maximum absolute atomic E-state index is 12.4. The molecule has 130 valence electrons. The molecule has 0 aliphatic carbocycles. The van der Waals surface area contributed by atoms with Crippen molar-refractivity contribution in [1.82, 2.24) is 0 Å². The smallest absolute Gasteiger partial charge is 0.261 e. The van der Waals surface area contributed by atoms with Crippen LogP contribution in [0.1, 0.15) is 26.3 Å². The van der Waals surface area contributed by atoms with Gasteiger partial charge in [0.15, 0.2) is 0 Å². The van der Waals surface area contributed by atoms with Crippen molar-refractivity contribution in [2.75, 3.05) is 4.72 Å². The summed E-state index contributed by atoms with van der Waals surface area (Å²) in [6, 6.07) is 11.9. The van der Waals surface area contributed by atoms with E-state index in [4.69, 9.17) is 5.14 Å². The summed E-state index contributed by atoms with van der Waals surface area (Å²) < 4.78 is 50.0. The van der Waals surface area contributed by atoms with Gasteiger partial charge in [-0.3, -0.25) is 4.72 Å². The van der Waals surface area contributed by atoms with Crippen LogP contribution in [0.3, 0.4) is 0 Å². The fourth-order valence-corrected chi connectivity index (χ4v) is 3.81. The van der Waals surface area contributed by atoms with Crippen LogP contribution in [0.4, 0.5) is 5.69 Å². The molecule has 0 atom stereocenters. The van der Waals surface area contributed by atoms with Crippen LogP contribution in [-0.2, 0) is 25.5 Å². The number of nitrogens with one attached hydrogen (secondary N) is 1. The predicted molar refractivity (Wildman–Crippen MR) is 93.8 cm³/mol. The van der Waals surface area contributed by atoms with Gasteiger partial charge in [0.25, 0.3) is 10.0 Å². The lowest BCUT2D eigenvalue weighted by molar-refractivity contribution is 0.590. The Morgan fingerprint density at radius 3 is 1.92 bits per heavy atom. The lowest BCUT2D eigenvalue weighted by Gasteiger charge is -2.19. The fraction of sp³-hybridized carbons (Fsp3) is 0.250. The zero-order valence-corrected chi connectivity index (χ0v) is 15.3. The molecular weight excluding hydrogens is 348 g/mol. The summed E-state index contributed by atoms with van der Waals surface area (Å²) in [4.78, 5) is -0.428. The number of nitrogens with two attached hydrogens (primary N) is 1. The normalized spacial score (nSPS) is 12.8. The van der Waals surface area contributed by atoms with Crippen LogP contribution in [0.25, 0.3) is 0 Å². The van der Waals surface area contributed by atoms with Crippen molar-refractivity contribution in [1.29, 1.82) is 0 Å². The Labute approximate surface area is 142 Å². The minimum absolute atomic E-state index is 0.0405. The van der Waals surface area contributed by atoms with Gasteiger partial charge in [0.2, 0.25) is 10.0 Å². The third kappa shape index (κ3) is 4.34. The number of hydrogen-bond donors (Lipinski definition) is 2. The number of hydrogen-bond acceptors (Lipinski definition) is 4. The predicted octanol–water partition coefficient (Wildman–Crippen LogP) is 2.43. The Morgan fingerprint density at radius 2 is 1.42 bits per heavy atom. The van der Waals surface area contributed by atoms with Gasteiger partial charge in [0, 0.05) is 5.69 Å². The average molecular weight is 368 g/mol. The van der Waals surface area contributed by atoms with Crippen LogP contribution in [0.2, 0.25) is 0 Å². The molecule has 0 aliphatic heterocycles. The minimum Gasteiger partial charge on any atom is -0.280 e. The maximum atomic E-state index is 12.4. The molecule has 0 radical (unpaired) electrons. The van der Waals surface area contributed by atoms with E-state index in [2.05, 4.69) is 25.5 Å². The third-order valence-corrected chi connectivity index (χ3v) is 5.74. The zero-order chi connectivity index (χ0) is 18.2. The SMILES string of the molecule is CC(C)(C)c1ccc(NS(=O)(=O)c2cccc(S(N)(=O)=O)c2)cc1. The molecule has 0 aliphatic rings. The van der Waals surface area contributed by atoms with Crippen molar-refractivity contribution in [2.45, 2.75) is 36.0 Å². The molecule has 2 aromatic carbocycles. The van der Waals surface area contributed by atoms with Gasteiger partial charge < -0.3 is 0 Å². The van der Waals surface area contributed by atoms with E-state index >= 15 is 0 Å². The number of benzene rings is 2. The molecule has 24 heavy (non-hydrogen) atoms. The van der Waals surface area contributed by atoms with E-state index in [9.17, 15) is 16.8 Å². The van der Waals surface area contributed by atoms with Gasteiger partial charge >= 0.3 is 0 Å². The average Bonchev–Trinajstić information content (AvgIpc) is 2.46. The minimum atomic E-state index is -3.97. The highest BCUT2D eigenvalue weighted by molar-refractivity contribution is 7.93. The molecule has 0 saturated heterocycles. The van der Waals surface area contributed by atoms with Crippen molar-refractivity contribution in [2.24, 2.45) is 5.14 Å². The summed E-state index contributed by atoms with van der Waals surface area (Å²) in [6.07, 6.45) is 0. The first-order valence-corrected chi connectivity index (χ1v) is 10.2. The first kappa shape index (κ1) is 18.4. The van der Waals surface area contributed by atoms with E-state index in [1.807, 2.05) is 12.1 Å². The van der Waals surface area contributed by atoms with Crippen molar-refractivity contribution < 1.29 is 16.8 Å². The lowest BCUT2D eigenvalue weighted by Crippen LogP contribution is -2.16. The van der Waals surface area contributed by atoms with Crippen molar-refractivity contribution in [3.63, 3.8) is 0 Å². The molecule has 2 rings (SSSR count). The van der Waals surface area contributed by atoms with Crippen LogP contribution in [0, 0.1) is 0 Å². The number of anilines is 1. The van der Waals surface area contributed by atoms with Crippen LogP contribution >= 0.6 is 0 Å². The molecule has 0 fully saturated rings. The van der Waals surface area contributed by atoms with Crippen LogP contribution in [0.15, 0.2) is 58.3 Å². The van der Waals surface area contributed by atoms with Crippen molar-refractivity contribution >= 4 is 25.7 Å². The maximum Gasteiger partial charge on any atom is 0.261 e. The summed E-state index contributed by atoms with van der Waals surface area (Å²) in [7, 11) is -7.89. The van der Waals surface area contributed by atoms with E-state index in [0.29, 0.717) is 5.69 Å². The van der Waals surface area contributed by atoms with Crippen molar-refractivity contribution in [3.8, 4) is 0 Å². The highest BCUT2D eigenvalue weighted by Crippen LogP contribution is 2.25. The summed E-state index contributed by atoms with van der Waals surface area (Å²) in [5.74, 6) is 0. The monoisotopic (exact) mass is 368 g/mol. The molecule has 0 amide bonds. The molecule has 0 bridgehead atoms. The Bertz CT molecular complexity index is 942. The van der Waals surface area contributed by atoms with E-state index in [0.717, 1.165) is 11.6 Å². The highest BCUT2D eigenvalue weighted by Gasteiger charge is 2.18. The Kier molecular flexibility index (Phi) is 4.76.